The molecule has 3 aromatic rings. The van der Waals surface area contributed by atoms with E-state index in [0.29, 0.717) is 22.6 Å². The SMILES string of the molecule is Cc1c(F)cccc1N(C)C(=O)c1ccc(-c2ccc(OS(N)(=O)=O)cc2)o1. The van der Waals surface area contributed by atoms with Gasteiger partial charge in [0.25, 0.3) is 5.91 Å². The maximum Gasteiger partial charge on any atom is 0.380 e. The van der Waals surface area contributed by atoms with Gasteiger partial charge in [0, 0.05) is 23.9 Å². The van der Waals surface area contributed by atoms with Crippen LogP contribution in [-0.4, -0.2) is 21.4 Å². The molecule has 0 bridgehead atoms. The van der Waals surface area contributed by atoms with Crippen molar-refractivity contribution in [1.29, 1.82) is 0 Å². The highest BCUT2D eigenvalue weighted by molar-refractivity contribution is 7.84. The smallest absolute Gasteiger partial charge is 0.380 e. The molecule has 0 aliphatic rings. The number of hydrogen-bond acceptors (Lipinski definition) is 5. The van der Waals surface area contributed by atoms with Crippen LogP contribution in [0, 0.1) is 12.7 Å². The molecule has 2 aromatic carbocycles. The fraction of sp³-hybridized carbons (Fsp3) is 0.105. The highest BCUT2D eigenvalue weighted by Gasteiger charge is 2.20. The van der Waals surface area contributed by atoms with E-state index in [1.807, 2.05) is 0 Å². The summed E-state index contributed by atoms with van der Waals surface area (Å²) < 4.78 is 45.8. The van der Waals surface area contributed by atoms with Gasteiger partial charge in [-0.25, -0.2) is 4.39 Å². The van der Waals surface area contributed by atoms with Crippen molar-refractivity contribution in [3.8, 4) is 17.1 Å². The summed E-state index contributed by atoms with van der Waals surface area (Å²) in [5, 5.41) is 4.82. The van der Waals surface area contributed by atoms with E-state index in [9.17, 15) is 17.6 Å². The van der Waals surface area contributed by atoms with E-state index in [4.69, 9.17) is 9.56 Å². The quantitative estimate of drug-likeness (QED) is 0.703. The van der Waals surface area contributed by atoms with E-state index < -0.39 is 22.0 Å². The number of benzene rings is 2. The molecule has 28 heavy (non-hydrogen) atoms. The van der Waals surface area contributed by atoms with Gasteiger partial charge in [-0.15, -0.1) is 0 Å². The number of anilines is 1. The Kier molecular flexibility index (Phi) is 5.21. The van der Waals surface area contributed by atoms with Crippen molar-refractivity contribution in [2.24, 2.45) is 5.14 Å². The maximum absolute atomic E-state index is 13.7. The highest BCUT2D eigenvalue weighted by atomic mass is 32.2. The molecule has 1 heterocycles. The predicted octanol–water partition coefficient (Wildman–Crippen LogP) is 3.25. The molecule has 0 saturated carbocycles. The van der Waals surface area contributed by atoms with E-state index in [1.165, 1.54) is 42.3 Å². The molecule has 1 aromatic heterocycles. The summed E-state index contributed by atoms with van der Waals surface area (Å²) in [6.07, 6.45) is 0. The van der Waals surface area contributed by atoms with Gasteiger partial charge in [-0.2, -0.15) is 13.6 Å². The van der Waals surface area contributed by atoms with Gasteiger partial charge in [-0.1, -0.05) is 6.07 Å². The van der Waals surface area contributed by atoms with Crippen molar-refractivity contribution in [2.45, 2.75) is 6.92 Å². The number of nitrogens with two attached hydrogens (primary N) is 1. The van der Waals surface area contributed by atoms with E-state index in [0.717, 1.165) is 0 Å². The van der Waals surface area contributed by atoms with Crippen LogP contribution in [0.15, 0.2) is 59.0 Å². The second-order valence-corrected chi connectivity index (χ2v) is 7.16. The topological polar surface area (TPSA) is 103 Å². The van der Waals surface area contributed by atoms with Crippen LogP contribution < -0.4 is 14.2 Å². The Morgan fingerprint density at radius 3 is 2.43 bits per heavy atom. The van der Waals surface area contributed by atoms with Crippen LogP contribution in [-0.2, 0) is 10.3 Å². The van der Waals surface area contributed by atoms with Gasteiger partial charge < -0.3 is 13.5 Å². The number of amides is 1. The van der Waals surface area contributed by atoms with Gasteiger partial charge >= 0.3 is 10.3 Å². The Morgan fingerprint density at radius 1 is 1.11 bits per heavy atom. The second-order valence-electron chi connectivity index (χ2n) is 6.01. The molecule has 7 nitrogen and oxygen atoms in total. The van der Waals surface area contributed by atoms with Gasteiger partial charge in [-0.3, -0.25) is 4.79 Å². The lowest BCUT2D eigenvalue weighted by molar-refractivity contribution is 0.0967. The minimum atomic E-state index is -4.10. The first kappa shape index (κ1) is 19.6. The molecule has 146 valence electrons. The summed E-state index contributed by atoms with van der Waals surface area (Å²) in [5.41, 5.74) is 1.40. The van der Waals surface area contributed by atoms with Crippen molar-refractivity contribution in [3.05, 3.63) is 71.7 Å². The summed E-state index contributed by atoms with van der Waals surface area (Å²) in [4.78, 5) is 14.0. The zero-order valence-electron chi connectivity index (χ0n) is 15.0. The Bertz CT molecular complexity index is 1120. The largest absolute Gasteiger partial charge is 0.451 e. The summed E-state index contributed by atoms with van der Waals surface area (Å²) in [7, 11) is -2.57. The molecule has 0 unspecified atom stereocenters. The van der Waals surface area contributed by atoms with Crippen molar-refractivity contribution in [3.63, 3.8) is 0 Å². The van der Waals surface area contributed by atoms with E-state index in [2.05, 4.69) is 4.18 Å². The van der Waals surface area contributed by atoms with Gasteiger partial charge in [-0.05, 0) is 55.5 Å². The maximum atomic E-state index is 13.7. The zero-order valence-corrected chi connectivity index (χ0v) is 15.9. The van der Waals surface area contributed by atoms with Crippen LogP contribution in [0.4, 0.5) is 10.1 Å². The Hall–Kier alpha value is -3.17. The van der Waals surface area contributed by atoms with Crippen LogP contribution in [0.5, 0.6) is 5.75 Å². The van der Waals surface area contributed by atoms with Crippen molar-refractivity contribution >= 4 is 21.9 Å². The zero-order chi connectivity index (χ0) is 20.5. The van der Waals surface area contributed by atoms with Crippen molar-refractivity contribution in [1.82, 2.24) is 0 Å². The Balaban J connectivity index is 1.81. The van der Waals surface area contributed by atoms with Gasteiger partial charge in [0.15, 0.2) is 5.76 Å². The molecule has 0 aliphatic heterocycles. The molecule has 9 heteroatoms. The summed E-state index contributed by atoms with van der Waals surface area (Å²) >= 11 is 0. The monoisotopic (exact) mass is 404 g/mol. The minimum absolute atomic E-state index is 0.0513. The molecule has 3 rings (SSSR count). The lowest BCUT2D eigenvalue weighted by Crippen LogP contribution is -2.26. The van der Waals surface area contributed by atoms with E-state index in [1.54, 1.807) is 31.2 Å². The minimum Gasteiger partial charge on any atom is -0.451 e. The molecular weight excluding hydrogens is 387 g/mol. The first-order valence-corrected chi connectivity index (χ1v) is 9.58. The third kappa shape index (κ3) is 4.21. The van der Waals surface area contributed by atoms with Crippen LogP contribution in [0.3, 0.4) is 0 Å². The average Bonchev–Trinajstić information content (AvgIpc) is 3.12. The average molecular weight is 404 g/mol. The summed E-state index contributed by atoms with van der Waals surface area (Å²) in [5.74, 6) is -0.315. The van der Waals surface area contributed by atoms with Gasteiger partial charge in [0.05, 0.1) is 0 Å². The molecule has 0 atom stereocenters. The molecular formula is C19H17FN2O5S. The Labute approximate surface area is 161 Å². The standard InChI is InChI=1S/C19H17FN2O5S/c1-12-15(20)4-3-5-16(12)22(2)19(23)18-11-10-17(26-18)13-6-8-14(9-7-13)27-28(21,24)25/h3-11H,1-2H3,(H2,21,24,25). The third-order valence-electron chi connectivity index (χ3n) is 4.07. The molecule has 0 radical (unpaired) electrons. The van der Waals surface area contributed by atoms with Crippen LogP contribution in [0.1, 0.15) is 16.1 Å². The number of carbonyl (C=O) groups is 1. The number of rotatable bonds is 5. The second kappa shape index (κ2) is 7.45. The lowest BCUT2D eigenvalue weighted by atomic mass is 10.1. The molecule has 0 spiro atoms. The number of halogens is 1. The lowest BCUT2D eigenvalue weighted by Gasteiger charge is -2.18. The van der Waals surface area contributed by atoms with Crippen LogP contribution >= 0.6 is 0 Å². The Morgan fingerprint density at radius 2 is 1.79 bits per heavy atom. The summed E-state index contributed by atoms with van der Waals surface area (Å²) in [6.45, 7) is 1.59. The number of carbonyl (C=O) groups excluding carboxylic acids is 1. The highest BCUT2D eigenvalue weighted by Crippen LogP contribution is 2.27. The number of hydrogen-bond donors (Lipinski definition) is 1. The first-order chi connectivity index (χ1) is 13.2. The van der Waals surface area contributed by atoms with Crippen molar-refractivity contribution < 1.29 is 26.2 Å². The molecule has 0 aliphatic carbocycles. The van der Waals surface area contributed by atoms with E-state index >= 15 is 0 Å². The van der Waals surface area contributed by atoms with Crippen molar-refractivity contribution in [2.75, 3.05) is 11.9 Å². The fourth-order valence-electron chi connectivity index (χ4n) is 2.65. The van der Waals surface area contributed by atoms with Gasteiger partial charge in [0.2, 0.25) is 0 Å². The number of furan rings is 1. The summed E-state index contributed by atoms with van der Waals surface area (Å²) in [6, 6.07) is 13.6. The van der Waals surface area contributed by atoms with E-state index in [-0.39, 0.29) is 11.5 Å². The fourth-order valence-corrected chi connectivity index (χ4v) is 3.03. The molecule has 2 N–H and O–H groups in total. The van der Waals surface area contributed by atoms with Crippen LogP contribution in [0.2, 0.25) is 0 Å². The normalized spacial score (nSPS) is 11.3. The molecule has 0 fully saturated rings. The van der Waals surface area contributed by atoms with Crippen LogP contribution in [0.25, 0.3) is 11.3 Å². The third-order valence-corrected chi connectivity index (χ3v) is 4.50. The molecule has 1 amide bonds. The molecule has 0 saturated heterocycles. The first-order valence-electron chi connectivity index (χ1n) is 8.11. The predicted molar refractivity (Wildman–Crippen MR) is 102 cm³/mol. The van der Waals surface area contributed by atoms with Gasteiger partial charge in [0.1, 0.15) is 17.3 Å². The number of nitrogens with zero attached hydrogens (tertiary/aromatic N) is 1.